The molecule has 0 bridgehead atoms. The standard InChI is InChI=1S/C21H29N3O3/c1-3-5-16-6-4-14-24(15-13-16)20(25)12-11-19-22-21(23-27-19)17-7-9-18(26-2)10-8-17/h7-10,16H,3-6,11-15H2,1-2H3. The van der Waals surface area contributed by atoms with Crippen molar-refractivity contribution < 1.29 is 14.1 Å². The molecule has 0 saturated carbocycles. The maximum atomic E-state index is 12.6. The summed E-state index contributed by atoms with van der Waals surface area (Å²) < 4.78 is 10.5. The zero-order chi connectivity index (χ0) is 19.1. The normalized spacial score (nSPS) is 17.6. The summed E-state index contributed by atoms with van der Waals surface area (Å²) in [7, 11) is 1.63. The van der Waals surface area contributed by atoms with Gasteiger partial charge in [0.25, 0.3) is 0 Å². The second kappa shape index (κ2) is 9.53. The summed E-state index contributed by atoms with van der Waals surface area (Å²) in [6.07, 6.45) is 6.89. The van der Waals surface area contributed by atoms with E-state index in [2.05, 4.69) is 17.1 Å². The van der Waals surface area contributed by atoms with Crippen molar-refractivity contribution in [3.8, 4) is 17.1 Å². The SMILES string of the molecule is CCCC1CCCN(C(=O)CCc2nc(-c3ccc(OC)cc3)no2)CC1. The summed E-state index contributed by atoms with van der Waals surface area (Å²) in [6.45, 7) is 3.99. The number of nitrogens with zero attached hydrogens (tertiary/aromatic N) is 3. The third kappa shape index (κ3) is 5.31. The van der Waals surface area contributed by atoms with Crippen molar-refractivity contribution in [3.63, 3.8) is 0 Å². The highest BCUT2D eigenvalue weighted by Gasteiger charge is 2.20. The van der Waals surface area contributed by atoms with E-state index in [0.29, 0.717) is 24.6 Å². The summed E-state index contributed by atoms with van der Waals surface area (Å²) in [4.78, 5) is 19.0. The minimum absolute atomic E-state index is 0.191. The van der Waals surface area contributed by atoms with Gasteiger partial charge < -0.3 is 14.2 Å². The number of ether oxygens (including phenoxy) is 1. The fourth-order valence-electron chi connectivity index (χ4n) is 3.70. The Hall–Kier alpha value is -2.37. The number of aromatic nitrogens is 2. The van der Waals surface area contributed by atoms with Crippen LogP contribution in [0.2, 0.25) is 0 Å². The van der Waals surface area contributed by atoms with Crippen LogP contribution in [-0.4, -0.2) is 41.1 Å². The Kier molecular flexibility index (Phi) is 6.85. The van der Waals surface area contributed by atoms with Crippen LogP contribution in [0.3, 0.4) is 0 Å². The van der Waals surface area contributed by atoms with Crippen molar-refractivity contribution in [2.24, 2.45) is 5.92 Å². The average Bonchev–Trinajstić information content (AvgIpc) is 3.05. The molecule has 0 N–H and O–H groups in total. The molecule has 1 amide bonds. The summed E-state index contributed by atoms with van der Waals surface area (Å²) in [5, 5.41) is 4.03. The van der Waals surface area contributed by atoms with E-state index in [9.17, 15) is 4.79 Å². The molecule has 1 aliphatic rings. The molecule has 1 atom stereocenters. The van der Waals surface area contributed by atoms with E-state index < -0.39 is 0 Å². The molecule has 1 aliphatic heterocycles. The Balaban J connectivity index is 1.51. The smallest absolute Gasteiger partial charge is 0.227 e. The molecule has 2 aromatic rings. The van der Waals surface area contributed by atoms with Crippen LogP contribution in [0, 0.1) is 5.92 Å². The Bertz CT molecular complexity index is 727. The van der Waals surface area contributed by atoms with Gasteiger partial charge in [0.15, 0.2) is 0 Å². The van der Waals surface area contributed by atoms with Gasteiger partial charge in [-0.1, -0.05) is 24.9 Å². The number of carbonyl (C=O) groups excluding carboxylic acids is 1. The Labute approximate surface area is 160 Å². The van der Waals surface area contributed by atoms with Gasteiger partial charge in [-0.2, -0.15) is 4.98 Å². The van der Waals surface area contributed by atoms with Crippen molar-refractivity contribution in [2.75, 3.05) is 20.2 Å². The molecule has 27 heavy (non-hydrogen) atoms. The second-order valence-corrected chi connectivity index (χ2v) is 7.21. The average molecular weight is 371 g/mol. The lowest BCUT2D eigenvalue weighted by Gasteiger charge is -2.20. The quantitative estimate of drug-likeness (QED) is 0.733. The largest absolute Gasteiger partial charge is 0.497 e. The van der Waals surface area contributed by atoms with E-state index in [1.54, 1.807) is 7.11 Å². The van der Waals surface area contributed by atoms with E-state index >= 15 is 0 Å². The molecule has 1 fully saturated rings. The van der Waals surface area contributed by atoms with Crippen LogP contribution in [-0.2, 0) is 11.2 Å². The molecule has 6 heteroatoms. The van der Waals surface area contributed by atoms with E-state index in [1.165, 1.54) is 19.3 Å². The summed E-state index contributed by atoms with van der Waals surface area (Å²) in [5.74, 6) is 2.80. The topological polar surface area (TPSA) is 68.5 Å². The van der Waals surface area contributed by atoms with E-state index in [4.69, 9.17) is 9.26 Å². The monoisotopic (exact) mass is 371 g/mol. The van der Waals surface area contributed by atoms with Gasteiger partial charge >= 0.3 is 0 Å². The fourth-order valence-corrected chi connectivity index (χ4v) is 3.70. The first-order valence-corrected chi connectivity index (χ1v) is 9.94. The zero-order valence-corrected chi connectivity index (χ0v) is 16.3. The van der Waals surface area contributed by atoms with Crippen molar-refractivity contribution in [3.05, 3.63) is 30.2 Å². The lowest BCUT2D eigenvalue weighted by Crippen LogP contribution is -2.32. The molecular weight excluding hydrogens is 342 g/mol. The minimum Gasteiger partial charge on any atom is -0.497 e. The minimum atomic E-state index is 0.191. The maximum Gasteiger partial charge on any atom is 0.227 e. The molecule has 0 radical (unpaired) electrons. The van der Waals surface area contributed by atoms with Crippen LogP contribution in [0.25, 0.3) is 11.4 Å². The van der Waals surface area contributed by atoms with Gasteiger partial charge in [0.05, 0.1) is 7.11 Å². The number of hydrogen-bond acceptors (Lipinski definition) is 5. The Morgan fingerprint density at radius 3 is 2.81 bits per heavy atom. The van der Waals surface area contributed by atoms with Gasteiger partial charge in [0.1, 0.15) is 5.75 Å². The van der Waals surface area contributed by atoms with Crippen molar-refractivity contribution in [1.82, 2.24) is 15.0 Å². The fraction of sp³-hybridized carbons (Fsp3) is 0.571. The van der Waals surface area contributed by atoms with Gasteiger partial charge in [-0.25, -0.2) is 0 Å². The number of likely N-dealkylation sites (tertiary alicyclic amines) is 1. The van der Waals surface area contributed by atoms with Crippen LogP contribution >= 0.6 is 0 Å². The molecule has 1 aromatic carbocycles. The van der Waals surface area contributed by atoms with Crippen LogP contribution in [0.1, 0.15) is 51.3 Å². The van der Waals surface area contributed by atoms with Gasteiger partial charge in [0, 0.05) is 31.5 Å². The molecule has 2 heterocycles. The van der Waals surface area contributed by atoms with Crippen LogP contribution in [0.15, 0.2) is 28.8 Å². The van der Waals surface area contributed by atoms with Gasteiger partial charge in [-0.3, -0.25) is 4.79 Å². The number of hydrogen-bond donors (Lipinski definition) is 0. The highest BCUT2D eigenvalue weighted by molar-refractivity contribution is 5.76. The first kappa shape index (κ1) is 19.4. The predicted molar refractivity (Wildman–Crippen MR) is 103 cm³/mol. The number of benzene rings is 1. The highest BCUT2D eigenvalue weighted by atomic mass is 16.5. The third-order valence-electron chi connectivity index (χ3n) is 5.27. The first-order chi connectivity index (χ1) is 13.2. The lowest BCUT2D eigenvalue weighted by molar-refractivity contribution is -0.131. The van der Waals surface area contributed by atoms with Gasteiger partial charge in [-0.15, -0.1) is 0 Å². The number of methoxy groups -OCH3 is 1. The summed E-state index contributed by atoms with van der Waals surface area (Å²) in [6, 6.07) is 7.51. The van der Waals surface area contributed by atoms with Crippen molar-refractivity contribution >= 4 is 5.91 Å². The molecule has 6 nitrogen and oxygen atoms in total. The van der Waals surface area contributed by atoms with E-state index in [-0.39, 0.29) is 5.91 Å². The van der Waals surface area contributed by atoms with Crippen LogP contribution < -0.4 is 4.74 Å². The number of amides is 1. The molecule has 0 aliphatic carbocycles. The van der Waals surface area contributed by atoms with Crippen molar-refractivity contribution in [1.29, 1.82) is 0 Å². The molecule has 1 saturated heterocycles. The zero-order valence-electron chi connectivity index (χ0n) is 16.3. The number of aryl methyl sites for hydroxylation is 1. The Morgan fingerprint density at radius 2 is 2.07 bits per heavy atom. The van der Waals surface area contributed by atoms with Crippen LogP contribution in [0.4, 0.5) is 0 Å². The Morgan fingerprint density at radius 1 is 1.26 bits per heavy atom. The molecule has 146 valence electrons. The second-order valence-electron chi connectivity index (χ2n) is 7.21. The maximum absolute atomic E-state index is 12.6. The number of carbonyl (C=O) groups is 1. The van der Waals surface area contributed by atoms with Crippen LogP contribution in [0.5, 0.6) is 5.75 Å². The molecule has 0 spiro atoms. The lowest BCUT2D eigenvalue weighted by atomic mass is 9.96. The molecule has 3 rings (SSSR count). The van der Waals surface area contributed by atoms with E-state index in [1.807, 2.05) is 29.2 Å². The van der Waals surface area contributed by atoms with E-state index in [0.717, 1.165) is 43.2 Å². The predicted octanol–water partition coefficient (Wildman–Crippen LogP) is 4.11. The molecular formula is C21H29N3O3. The first-order valence-electron chi connectivity index (χ1n) is 9.94. The highest BCUT2D eigenvalue weighted by Crippen LogP contribution is 2.23. The molecule has 1 aromatic heterocycles. The summed E-state index contributed by atoms with van der Waals surface area (Å²) >= 11 is 0. The molecule has 1 unspecified atom stereocenters. The summed E-state index contributed by atoms with van der Waals surface area (Å²) in [5.41, 5.74) is 0.867. The number of rotatable bonds is 7. The van der Waals surface area contributed by atoms with Gasteiger partial charge in [0.2, 0.25) is 17.6 Å². The van der Waals surface area contributed by atoms with Gasteiger partial charge in [-0.05, 0) is 49.4 Å². The van der Waals surface area contributed by atoms with Crippen molar-refractivity contribution in [2.45, 2.75) is 51.9 Å². The third-order valence-corrected chi connectivity index (χ3v) is 5.27.